The first-order chi connectivity index (χ1) is 18.6. The molecule has 0 aliphatic carbocycles. The maximum Gasteiger partial charge on any atom is 0.261 e. The number of carbonyl (C=O) groups is 1. The summed E-state index contributed by atoms with van der Waals surface area (Å²) in [6.45, 7) is 2.92. The Hall–Kier alpha value is -2.93. The molecular weight excluding hydrogens is 606 g/mol. The molecule has 1 heterocycles. The average molecular weight is 637 g/mol. The van der Waals surface area contributed by atoms with Gasteiger partial charge in [-0.2, -0.15) is 0 Å². The summed E-state index contributed by atoms with van der Waals surface area (Å²) in [5, 5.41) is 2.82. The lowest BCUT2D eigenvalue weighted by molar-refractivity contribution is -0.120. The van der Waals surface area contributed by atoms with Crippen molar-refractivity contribution in [3.63, 3.8) is 0 Å². The number of sulfonamides is 2. The first-order valence-electron chi connectivity index (χ1n) is 12.4. The molecule has 208 valence electrons. The van der Waals surface area contributed by atoms with Gasteiger partial charge in [-0.15, -0.1) is 0 Å². The lowest BCUT2D eigenvalue weighted by Crippen LogP contribution is -2.41. The first-order valence-corrected chi connectivity index (χ1v) is 16.3. The first kappa shape index (κ1) is 29.1. The van der Waals surface area contributed by atoms with Gasteiger partial charge in [0.2, 0.25) is 15.9 Å². The van der Waals surface area contributed by atoms with Gasteiger partial charge in [-0.25, -0.2) is 21.1 Å². The normalized spacial score (nSPS) is 15.0. The summed E-state index contributed by atoms with van der Waals surface area (Å²) < 4.78 is 61.4. The highest BCUT2D eigenvalue weighted by Crippen LogP contribution is 2.25. The predicted octanol–water partition coefficient (Wildman–Crippen LogP) is 4.83. The molecule has 1 fully saturated rings. The number of piperidine rings is 1. The number of anilines is 2. The maximum absolute atomic E-state index is 12.9. The SMILES string of the molecule is CCOc1ccc(NS(=O)(=O)c2ccc(NC(=O)C3CCN(S(=O)(=O)Cc4cccc(Br)c4)CC3)cc2)cc1. The third-order valence-electron chi connectivity index (χ3n) is 6.31. The molecule has 0 radical (unpaired) electrons. The number of amides is 1. The highest BCUT2D eigenvalue weighted by atomic mass is 79.9. The van der Waals surface area contributed by atoms with Gasteiger partial charge in [-0.3, -0.25) is 9.52 Å². The Morgan fingerprint density at radius 2 is 1.59 bits per heavy atom. The minimum Gasteiger partial charge on any atom is -0.494 e. The predicted molar refractivity (Wildman–Crippen MR) is 155 cm³/mol. The fourth-order valence-corrected chi connectivity index (χ4v) is 7.34. The smallest absolute Gasteiger partial charge is 0.261 e. The Bertz CT molecular complexity index is 1500. The van der Waals surface area contributed by atoms with E-state index >= 15 is 0 Å². The standard InChI is InChI=1S/C27H30BrN3O6S2/c1-2-37-25-10-6-24(7-11-25)30-39(35,36)26-12-8-23(9-13-26)29-27(32)21-14-16-31(17-15-21)38(33,34)19-20-4-3-5-22(28)18-20/h3-13,18,21,30H,2,14-17,19H2,1H3,(H,29,32). The summed E-state index contributed by atoms with van der Waals surface area (Å²) >= 11 is 3.36. The van der Waals surface area contributed by atoms with E-state index in [4.69, 9.17) is 4.74 Å². The Balaban J connectivity index is 1.30. The van der Waals surface area contributed by atoms with Crippen molar-refractivity contribution in [2.75, 3.05) is 29.7 Å². The number of carbonyl (C=O) groups excluding carboxylic acids is 1. The van der Waals surface area contributed by atoms with E-state index in [0.717, 1.165) is 4.47 Å². The number of rotatable bonds is 10. The van der Waals surface area contributed by atoms with Crippen molar-refractivity contribution < 1.29 is 26.4 Å². The number of nitrogens with zero attached hydrogens (tertiary/aromatic N) is 1. The molecule has 0 bridgehead atoms. The van der Waals surface area contributed by atoms with E-state index < -0.39 is 20.0 Å². The van der Waals surface area contributed by atoms with Crippen LogP contribution >= 0.6 is 15.9 Å². The number of hydrogen-bond acceptors (Lipinski definition) is 6. The molecule has 9 nitrogen and oxygen atoms in total. The molecule has 1 aliphatic heterocycles. The van der Waals surface area contributed by atoms with E-state index in [1.165, 1.54) is 28.6 Å². The highest BCUT2D eigenvalue weighted by molar-refractivity contribution is 9.10. The molecule has 3 aromatic carbocycles. The molecule has 12 heteroatoms. The van der Waals surface area contributed by atoms with E-state index in [9.17, 15) is 21.6 Å². The van der Waals surface area contributed by atoms with Gasteiger partial charge in [-0.1, -0.05) is 28.1 Å². The van der Waals surface area contributed by atoms with Crippen molar-refractivity contribution >= 4 is 53.3 Å². The second-order valence-corrected chi connectivity index (χ2v) is 13.7. The van der Waals surface area contributed by atoms with E-state index in [0.29, 0.717) is 42.1 Å². The van der Waals surface area contributed by atoms with Crippen molar-refractivity contribution in [1.82, 2.24) is 4.31 Å². The Labute approximate surface area is 237 Å². The fraction of sp³-hybridized carbons (Fsp3) is 0.296. The van der Waals surface area contributed by atoms with Gasteiger partial charge in [0.25, 0.3) is 10.0 Å². The van der Waals surface area contributed by atoms with Gasteiger partial charge >= 0.3 is 0 Å². The second-order valence-electron chi connectivity index (χ2n) is 9.14. The van der Waals surface area contributed by atoms with Crippen LogP contribution in [0.3, 0.4) is 0 Å². The Morgan fingerprint density at radius 1 is 0.949 bits per heavy atom. The zero-order chi connectivity index (χ0) is 28.0. The lowest BCUT2D eigenvalue weighted by Gasteiger charge is -2.30. The van der Waals surface area contributed by atoms with E-state index in [1.807, 2.05) is 13.0 Å². The molecule has 3 aromatic rings. The second kappa shape index (κ2) is 12.5. The molecule has 1 amide bonds. The van der Waals surface area contributed by atoms with Crippen LogP contribution in [0.15, 0.2) is 82.2 Å². The molecule has 0 aromatic heterocycles. The largest absolute Gasteiger partial charge is 0.494 e. The van der Waals surface area contributed by atoms with Crippen LogP contribution in [0.1, 0.15) is 25.3 Å². The lowest BCUT2D eigenvalue weighted by atomic mass is 9.97. The zero-order valence-electron chi connectivity index (χ0n) is 21.3. The topological polar surface area (TPSA) is 122 Å². The number of hydrogen-bond donors (Lipinski definition) is 2. The number of ether oxygens (including phenoxy) is 1. The summed E-state index contributed by atoms with van der Waals surface area (Å²) in [4.78, 5) is 12.9. The quantitative estimate of drug-likeness (QED) is 0.329. The fourth-order valence-electron chi connectivity index (χ4n) is 4.29. The summed E-state index contributed by atoms with van der Waals surface area (Å²) in [5.41, 5.74) is 1.56. The molecule has 1 aliphatic rings. The molecule has 2 N–H and O–H groups in total. The molecule has 0 saturated carbocycles. The van der Waals surface area contributed by atoms with Crippen LogP contribution in [0.5, 0.6) is 5.75 Å². The summed E-state index contributed by atoms with van der Waals surface area (Å²) in [7, 11) is -7.31. The van der Waals surface area contributed by atoms with E-state index in [2.05, 4.69) is 26.0 Å². The average Bonchev–Trinajstić information content (AvgIpc) is 2.90. The van der Waals surface area contributed by atoms with Crippen molar-refractivity contribution in [3.05, 3.63) is 82.8 Å². The van der Waals surface area contributed by atoms with Gasteiger partial charge in [0.1, 0.15) is 5.75 Å². The number of nitrogens with one attached hydrogen (secondary N) is 2. The molecule has 0 spiro atoms. The zero-order valence-corrected chi connectivity index (χ0v) is 24.6. The maximum atomic E-state index is 12.9. The third kappa shape index (κ3) is 7.81. The van der Waals surface area contributed by atoms with Crippen LogP contribution in [0.2, 0.25) is 0 Å². The van der Waals surface area contributed by atoms with Crippen molar-refractivity contribution in [1.29, 1.82) is 0 Å². The molecule has 4 rings (SSSR count). The molecular formula is C27H30BrN3O6S2. The van der Waals surface area contributed by atoms with E-state index in [-0.39, 0.29) is 35.6 Å². The Morgan fingerprint density at radius 3 is 2.21 bits per heavy atom. The van der Waals surface area contributed by atoms with Gasteiger partial charge in [0, 0.05) is 34.9 Å². The minimum absolute atomic E-state index is 0.0540. The van der Waals surface area contributed by atoms with Crippen LogP contribution in [0, 0.1) is 5.92 Å². The number of benzene rings is 3. The van der Waals surface area contributed by atoms with Crippen LogP contribution in [-0.4, -0.2) is 46.7 Å². The van der Waals surface area contributed by atoms with Crippen LogP contribution in [0.4, 0.5) is 11.4 Å². The van der Waals surface area contributed by atoms with Crippen LogP contribution < -0.4 is 14.8 Å². The van der Waals surface area contributed by atoms with Gasteiger partial charge in [0.05, 0.1) is 17.3 Å². The molecule has 1 saturated heterocycles. The van der Waals surface area contributed by atoms with Crippen LogP contribution in [0.25, 0.3) is 0 Å². The number of halogens is 1. The Kier molecular flexibility index (Phi) is 9.31. The van der Waals surface area contributed by atoms with Crippen molar-refractivity contribution in [2.24, 2.45) is 5.92 Å². The van der Waals surface area contributed by atoms with Gasteiger partial charge in [-0.05, 0) is 86.0 Å². The van der Waals surface area contributed by atoms with E-state index in [1.54, 1.807) is 42.5 Å². The molecule has 39 heavy (non-hydrogen) atoms. The minimum atomic E-state index is -3.82. The summed E-state index contributed by atoms with van der Waals surface area (Å²) in [6, 6.07) is 19.7. The highest BCUT2D eigenvalue weighted by Gasteiger charge is 2.31. The third-order valence-corrected chi connectivity index (χ3v) is 10.0. The molecule has 0 unspecified atom stereocenters. The van der Waals surface area contributed by atoms with Gasteiger partial charge < -0.3 is 10.1 Å². The summed E-state index contributed by atoms with van der Waals surface area (Å²) in [5.74, 6) is -0.00550. The van der Waals surface area contributed by atoms with Crippen LogP contribution in [-0.2, 0) is 30.6 Å². The van der Waals surface area contributed by atoms with Crippen molar-refractivity contribution in [2.45, 2.75) is 30.4 Å². The monoisotopic (exact) mass is 635 g/mol. The van der Waals surface area contributed by atoms with Crippen molar-refractivity contribution in [3.8, 4) is 5.75 Å². The molecule has 0 atom stereocenters. The summed E-state index contributed by atoms with van der Waals surface area (Å²) in [6.07, 6.45) is 0.810. The van der Waals surface area contributed by atoms with Gasteiger partial charge in [0.15, 0.2) is 0 Å².